The van der Waals surface area contributed by atoms with Crippen molar-refractivity contribution in [2.45, 2.75) is 62.9 Å². The molecule has 202 valence electrons. The Morgan fingerprint density at radius 2 is 1.68 bits per heavy atom. The van der Waals surface area contributed by atoms with Gasteiger partial charge in [-0.25, -0.2) is 9.59 Å². The molecule has 0 radical (unpaired) electrons. The first-order valence-corrected chi connectivity index (χ1v) is 13.1. The number of piperidine rings is 1. The molecule has 1 aromatic carbocycles. The van der Waals surface area contributed by atoms with E-state index < -0.39 is 17.5 Å². The predicted octanol–water partition coefficient (Wildman–Crippen LogP) is 3.93. The van der Waals surface area contributed by atoms with Crippen molar-refractivity contribution in [3.63, 3.8) is 0 Å². The highest BCUT2D eigenvalue weighted by Crippen LogP contribution is 2.44. The van der Waals surface area contributed by atoms with E-state index in [9.17, 15) is 14.7 Å². The molecule has 5 rings (SSSR count). The van der Waals surface area contributed by atoms with Crippen molar-refractivity contribution in [3.05, 3.63) is 78.1 Å². The molecule has 2 bridgehead atoms. The van der Waals surface area contributed by atoms with Crippen molar-refractivity contribution in [1.82, 2.24) is 0 Å². The normalized spacial score (nSPS) is 24.7. The maximum atomic E-state index is 13.4. The Hall–Kier alpha value is -3.56. The SMILES string of the molecule is CCOC(=O)COc1cccc(C[N+]2(C)[C@@H]3CC[C@H]2CC(OC(=O)C(O)(c2ccco2)c2ccco2)C3)c1. The average Bonchev–Trinajstić information content (AvgIpc) is 3.65. The van der Waals surface area contributed by atoms with Crippen LogP contribution in [0, 0.1) is 0 Å². The highest BCUT2D eigenvalue weighted by atomic mass is 16.6. The third kappa shape index (κ3) is 4.96. The summed E-state index contributed by atoms with van der Waals surface area (Å²) >= 11 is 0. The minimum absolute atomic E-state index is 0.0573. The van der Waals surface area contributed by atoms with Crippen LogP contribution in [0.25, 0.3) is 0 Å². The number of ether oxygens (including phenoxy) is 3. The lowest BCUT2D eigenvalue weighted by Gasteiger charge is -2.47. The van der Waals surface area contributed by atoms with Gasteiger partial charge < -0.3 is 32.6 Å². The molecule has 0 spiro atoms. The van der Waals surface area contributed by atoms with Gasteiger partial charge in [-0.15, -0.1) is 0 Å². The Kier molecular flexibility index (Phi) is 7.32. The zero-order valence-corrected chi connectivity index (χ0v) is 21.7. The summed E-state index contributed by atoms with van der Waals surface area (Å²) in [7, 11) is 2.26. The van der Waals surface area contributed by atoms with Gasteiger partial charge >= 0.3 is 11.9 Å². The fourth-order valence-corrected chi connectivity index (χ4v) is 6.05. The van der Waals surface area contributed by atoms with Gasteiger partial charge in [0.05, 0.1) is 38.3 Å². The lowest BCUT2D eigenvalue weighted by Crippen LogP contribution is -2.58. The number of quaternary nitrogens is 1. The van der Waals surface area contributed by atoms with Crippen LogP contribution in [0.2, 0.25) is 0 Å². The van der Waals surface area contributed by atoms with Crippen molar-refractivity contribution in [1.29, 1.82) is 0 Å². The summed E-state index contributed by atoms with van der Waals surface area (Å²) in [6, 6.07) is 14.7. The van der Waals surface area contributed by atoms with Gasteiger partial charge in [-0.3, -0.25) is 0 Å². The number of hydrogen-bond acceptors (Lipinski definition) is 8. The zero-order valence-electron chi connectivity index (χ0n) is 21.7. The molecule has 0 aliphatic carbocycles. The Labute approximate surface area is 221 Å². The quantitative estimate of drug-likeness (QED) is 0.314. The van der Waals surface area contributed by atoms with Gasteiger partial charge in [0.1, 0.15) is 18.4 Å². The number of fused-ring (bicyclic) bond motifs is 2. The molecule has 0 saturated carbocycles. The number of furan rings is 2. The maximum Gasteiger partial charge on any atom is 0.354 e. The predicted molar refractivity (Wildman–Crippen MR) is 135 cm³/mol. The van der Waals surface area contributed by atoms with Crippen molar-refractivity contribution in [3.8, 4) is 5.75 Å². The summed E-state index contributed by atoms with van der Waals surface area (Å²) in [5.74, 6) is -0.441. The second kappa shape index (κ2) is 10.7. The number of nitrogens with zero attached hydrogens (tertiary/aromatic N) is 1. The van der Waals surface area contributed by atoms with Crippen molar-refractivity contribution in [2.24, 2.45) is 0 Å². The van der Waals surface area contributed by atoms with Crippen LogP contribution in [0.4, 0.5) is 0 Å². The smallest absolute Gasteiger partial charge is 0.354 e. The number of hydrogen-bond donors (Lipinski definition) is 1. The van der Waals surface area contributed by atoms with E-state index in [0.29, 0.717) is 37.3 Å². The first-order chi connectivity index (χ1) is 18.3. The van der Waals surface area contributed by atoms with Gasteiger partial charge in [-0.05, 0) is 43.3 Å². The van der Waals surface area contributed by atoms with Crippen LogP contribution in [0.3, 0.4) is 0 Å². The van der Waals surface area contributed by atoms with E-state index in [1.165, 1.54) is 24.7 Å². The summed E-state index contributed by atoms with van der Waals surface area (Å²) in [5.41, 5.74) is -1.03. The summed E-state index contributed by atoms with van der Waals surface area (Å²) in [5, 5.41) is 11.4. The van der Waals surface area contributed by atoms with E-state index in [4.69, 9.17) is 23.0 Å². The average molecular weight is 525 g/mol. The van der Waals surface area contributed by atoms with E-state index in [2.05, 4.69) is 13.1 Å². The van der Waals surface area contributed by atoms with E-state index in [1.807, 2.05) is 18.2 Å². The monoisotopic (exact) mass is 524 g/mol. The van der Waals surface area contributed by atoms with Gasteiger partial charge in [-0.1, -0.05) is 12.1 Å². The van der Waals surface area contributed by atoms with Crippen LogP contribution in [-0.2, 0) is 31.2 Å². The van der Waals surface area contributed by atoms with Crippen molar-refractivity contribution < 1.29 is 42.2 Å². The van der Waals surface area contributed by atoms with Gasteiger partial charge in [0.2, 0.25) is 0 Å². The van der Waals surface area contributed by atoms with E-state index >= 15 is 0 Å². The summed E-state index contributed by atoms with van der Waals surface area (Å²) in [6.45, 7) is 2.76. The molecule has 9 heteroatoms. The van der Waals surface area contributed by atoms with Gasteiger partial charge in [0.25, 0.3) is 5.60 Å². The van der Waals surface area contributed by atoms with E-state index in [-0.39, 0.29) is 24.2 Å². The lowest BCUT2D eigenvalue weighted by molar-refractivity contribution is -0.961. The fourth-order valence-electron chi connectivity index (χ4n) is 6.05. The van der Waals surface area contributed by atoms with Gasteiger partial charge in [-0.2, -0.15) is 0 Å². The molecule has 1 N–H and O–H groups in total. The molecule has 38 heavy (non-hydrogen) atoms. The highest BCUT2D eigenvalue weighted by molar-refractivity contribution is 5.83. The second-order valence-electron chi connectivity index (χ2n) is 10.3. The van der Waals surface area contributed by atoms with Crippen LogP contribution >= 0.6 is 0 Å². The molecular formula is C29H34NO8+. The Balaban J connectivity index is 1.26. The van der Waals surface area contributed by atoms with Crippen LogP contribution in [-0.4, -0.2) is 60.0 Å². The first kappa shape index (κ1) is 26.1. The minimum Gasteiger partial charge on any atom is -0.482 e. The molecule has 2 unspecified atom stereocenters. The largest absolute Gasteiger partial charge is 0.482 e. The summed E-state index contributed by atoms with van der Waals surface area (Å²) < 4.78 is 28.1. The van der Waals surface area contributed by atoms with Crippen LogP contribution in [0.1, 0.15) is 49.7 Å². The second-order valence-corrected chi connectivity index (χ2v) is 10.3. The summed E-state index contributed by atoms with van der Waals surface area (Å²) in [6.07, 6.45) is 5.95. The molecule has 2 aliphatic heterocycles. The topological polar surface area (TPSA) is 108 Å². The number of rotatable bonds is 10. The summed E-state index contributed by atoms with van der Waals surface area (Å²) in [4.78, 5) is 25.0. The molecule has 2 aromatic heterocycles. The fraction of sp³-hybridized carbons (Fsp3) is 0.448. The standard InChI is InChI=1S/C29H34NO8/c1-3-34-27(31)19-37-23-8-4-7-20(15-23)18-30(2)21-11-12-22(30)17-24(16-21)38-28(32)29(33,25-9-5-13-35-25)26-10-6-14-36-26/h4-10,13-15,21-22,24,33H,3,11-12,16-19H2,1-2H3/q+1/t21-,22+,24?,30?. The third-order valence-electron chi connectivity index (χ3n) is 7.98. The highest BCUT2D eigenvalue weighted by Gasteiger charge is 2.54. The van der Waals surface area contributed by atoms with Crippen LogP contribution in [0.15, 0.2) is 69.9 Å². The van der Waals surface area contributed by atoms with Crippen molar-refractivity contribution in [2.75, 3.05) is 20.3 Å². The number of carbonyl (C=O) groups excluding carboxylic acids is 2. The Morgan fingerprint density at radius 1 is 1.03 bits per heavy atom. The molecule has 2 aliphatic rings. The molecule has 4 heterocycles. The minimum atomic E-state index is -2.15. The Morgan fingerprint density at radius 3 is 2.26 bits per heavy atom. The zero-order chi connectivity index (χ0) is 26.8. The van der Waals surface area contributed by atoms with E-state index in [0.717, 1.165) is 29.4 Å². The van der Waals surface area contributed by atoms with Crippen molar-refractivity contribution >= 4 is 11.9 Å². The Bertz CT molecular complexity index is 1190. The molecular weight excluding hydrogens is 490 g/mol. The first-order valence-electron chi connectivity index (χ1n) is 13.1. The molecule has 9 nitrogen and oxygen atoms in total. The lowest BCUT2D eigenvalue weighted by atomic mass is 9.94. The molecule has 0 amide bonds. The van der Waals surface area contributed by atoms with E-state index in [1.54, 1.807) is 19.1 Å². The molecule has 2 saturated heterocycles. The maximum absolute atomic E-state index is 13.4. The molecule has 3 aromatic rings. The van der Waals surface area contributed by atoms with Gasteiger partial charge in [0.15, 0.2) is 18.1 Å². The van der Waals surface area contributed by atoms with Gasteiger partial charge in [0, 0.05) is 31.2 Å². The number of carbonyl (C=O) groups is 2. The number of aliphatic hydroxyl groups is 1. The number of esters is 2. The van der Waals surface area contributed by atoms with Crippen LogP contribution < -0.4 is 4.74 Å². The molecule has 4 atom stereocenters. The third-order valence-corrected chi connectivity index (χ3v) is 7.98. The van der Waals surface area contributed by atoms with Crippen LogP contribution in [0.5, 0.6) is 5.75 Å². The number of benzene rings is 1. The molecule has 2 fully saturated rings.